The maximum Gasteiger partial charge on any atom is 0.279 e. The molecule has 1 N–H and O–H groups in total. The van der Waals surface area contributed by atoms with Gasteiger partial charge in [0.25, 0.3) is 5.91 Å². The van der Waals surface area contributed by atoms with E-state index in [1.54, 1.807) is 54.0 Å². The standard InChI is InChI=1S/C25H20ClN7O3/c1-13-30-31-24-18(35-2)10-17(12-32(13)24)33-22(14-4-7-16(26)8-5-14)20-21(25(33)34)29-23(28-20)15-6-9-19(36-3)27-11-15/h4-12,22H,1-3H3,(H,28,29). The van der Waals surface area contributed by atoms with Crippen LogP contribution in [0.4, 0.5) is 5.69 Å². The van der Waals surface area contributed by atoms with Crippen molar-refractivity contribution in [1.29, 1.82) is 0 Å². The summed E-state index contributed by atoms with van der Waals surface area (Å²) in [6.45, 7) is 1.84. The molecule has 1 aliphatic rings. The number of nitrogens with one attached hydrogen (secondary N) is 1. The van der Waals surface area contributed by atoms with Crippen molar-refractivity contribution in [1.82, 2.24) is 29.5 Å². The molecular formula is C25H20ClN7O3. The van der Waals surface area contributed by atoms with E-state index in [0.717, 1.165) is 11.1 Å². The quantitative estimate of drug-likeness (QED) is 0.383. The molecule has 0 spiro atoms. The molecule has 1 aromatic carbocycles. The van der Waals surface area contributed by atoms with Crippen LogP contribution < -0.4 is 14.4 Å². The molecular weight excluding hydrogens is 482 g/mol. The highest BCUT2D eigenvalue weighted by molar-refractivity contribution is 6.30. The van der Waals surface area contributed by atoms with E-state index in [2.05, 4.69) is 25.1 Å². The number of benzene rings is 1. The molecule has 0 bridgehead atoms. The van der Waals surface area contributed by atoms with Gasteiger partial charge in [0.2, 0.25) is 11.5 Å². The number of hydrogen-bond acceptors (Lipinski definition) is 7. The molecule has 6 rings (SSSR count). The van der Waals surface area contributed by atoms with Crippen LogP contribution in [0.1, 0.15) is 33.6 Å². The summed E-state index contributed by atoms with van der Waals surface area (Å²) in [7, 11) is 3.12. The number of carbonyl (C=O) groups excluding carboxylic acids is 1. The Morgan fingerprint density at radius 1 is 1.06 bits per heavy atom. The van der Waals surface area contributed by atoms with Crippen LogP contribution in [0.5, 0.6) is 11.6 Å². The first-order valence-corrected chi connectivity index (χ1v) is 11.4. The van der Waals surface area contributed by atoms with Crippen molar-refractivity contribution in [3.05, 3.63) is 82.7 Å². The van der Waals surface area contributed by atoms with Crippen LogP contribution in [-0.2, 0) is 0 Å². The normalized spacial score (nSPS) is 14.9. The van der Waals surface area contributed by atoms with Crippen molar-refractivity contribution in [2.75, 3.05) is 19.1 Å². The number of aromatic nitrogens is 6. The lowest BCUT2D eigenvalue weighted by molar-refractivity contribution is 0.0989. The van der Waals surface area contributed by atoms with Crippen molar-refractivity contribution in [2.45, 2.75) is 13.0 Å². The molecule has 5 aromatic rings. The Morgan fingerprint density at radius 3 is 2.56 bits per heavy atom. The number of anilines is 1. The molecule has 1 amide bonds. The monoisotopic (exact) mass is 501 g/mol. The molecule has 36 heavy (non-hydrogen) atoms. The summed E-state index contributed by atoms with van der Waals surface area (Å²) in [6, 6.07) is 12.3. The Kier molecular flexibility index (Phi) is 5.11. The van der Waals surface area contributed by atoms with Crippen LogP contribution in [0.2, 0.25) is 5.02 Å². The number of rotatable bonds is 5. The minimum Gasteiger partial charge on any atom is -0.493 e. The summed E-state index contributed by atoms with van der Waals surface area (Å²) < 4.78 is 12.5. The van der Waals surface area contributed by atoms with Gasteiger partial charge in [-0.25, -0.2) is 9.97 Å². The minimum absolute atomic E-state index is 0.249. The third-order valence-electron chi connectivity index (χ3n) is 6.21. The van der Waals surface area contributed by atoms with Gasteiger partial charge >= 0.3 is 0 Å². The third-order valence-corrected chi connectivity index (χ3v) is 6.47. The largest absolute Gasteiger partial charge is 0.493 e. The van der Waals surface area contributed by atoms with Gasteiger partial charge in [0, 0.05) is 35.1 Å². The van der Waals surface area contributed by atoms with Crippen LogP contribution >= 0.6 is 11.6 Å². The molecule has 180 valence electrons. The molecule has 5 heterocycles. The number of amides is 1. The summed E-state index contributed by atoms with van der Waals surface area (Å²) >= 11 is 6.17. The van der Waals surface area contributed by atoms with Crippen LogP contribution in [0, 0.1) is 6.92 Å². The zero-order valence-corrected chi connectivity index (χ0v) is 20.3. The fraction of sp³-hybridized carbons (Fsp3) is 0.160. The molecule has 10 nitrogen and oxygen atoms in total. The number of H-pyrrole nitrogens is 1. The lowest BCUT2D eigenvalue weighted by atomic mass is 10.0. The smallest absolute Gasteiger partial charge is 0.279 e. The lowest BCUT2D eigenvalue weighted by Crippen LogP contribution is -2.29. The fourth-order valence-electron chi connectivity index (χ4n) is 4.46. The summed E-state index contributed by atoms with van der Waals surface area (Å²) in [5.74, 6) is 1.97. The van der Waals surface area contributed by atoms with Crippen molar-refractivity contribution in [3.8, 4) is 23.0 Å². The summed E-state index contributed by atoms with van der Waals surface area (Å²) in [6.07, 6.45) is 3.48. The van der Waals surface area contributed by atoms with Crippen LogP contribution in [0.25, 0.3) is 17.0 Å². The number of carbonyl (C=O) groups is 1. The number of pyridine rings is 2. The molecule has 0 aliphatic carbocycles. The van der Waals surface area contributed by atoms with Gasteiger partial charge in [-0.15, -0.1) is 10.2 Å². The van der Waals surface area contributed by atoms with Gasteiger partial charge in [-0.2, -0.15) is 0 Å². The van der Waals surface area contributed by atoms with Gasteiger partial charge in [-0.1, -0.05) is 23.7 Å². The van der Waals surface area contributed by atoms with E-state index in [4.69, 9.17) is 21.1 Å². The SMILES string of the molecule is COc1ccc(-c2nc3c([nH]2)C(c2ccc(Cl)cc2)N(c2cc(OC)c4nnc(C)n4c2)C3=O)cn1. The maximum absolute atomic E-state index is 13.9. The topological polar surface area (TPSA) is 111 Å². The van der Waals surface area contributed by atoms with E-state index in [-0.39, 0.29) is 5.91 Å². The van der Waals surface area contributed by atoms with Crippen molar-refractivity contribution in [3.63, 3.8) is 0 Å². The number of fused-ring (bicyclic) bond motifs is 2. The molecule has 0 saturated heterocycles. The van der Waals surface area contributed by atoms with Crippen molar-refractivity contribution in [2.24, 2.45) is 0 Å². The van der Waals surface area contributed by atoms with Crippen LogP contribution in [0.3, 0.4) is 0 Å². The summed E-state index contributed by atoms with van der Waals surface area (Å²) in [5.41, 5.74) is 3.80. The number of methoxy groups -OCH3 is 2. The molecule has 4 aromatic heterocycles. The first kappa shape index (κ1) is 22.1. The van der Waals surface area contributed by atoms with Crippen LogP contribution in [-0.4, -0.2) is 49.7 Å². The zero-order valence-electron chi connectivity index (χ0n) is 19.6. The van der Waals surface area contributed by atoms with E-state index in [1.165, 1.54) is 0 Å². The van der Waals surface area contributed by atoms with Gasteiger partial charge in [0.15, 0.2) is 11.4 Å². The number of ether oxygens (including phenoxy) is 2. The Morgan fingerprint density at radius 2 is 1.86 bits per heavy atom. The molecule has 11 heteroatoms. The number of imidazole rings is 1. The second-order valence-corrected chi connectivity index (χ2v) is 8.71. The average Bonchev–Trinajstić information content (AvgIpc) is 3.58. The van der Waals surface area contributed by atoms with E-state index in [1.807, 2.05) is 31.3 Å². The Hall–Kier alpha value is -4.44. The highest BCUT2D eigenvalue weighted by Gasteiger charge is 2.42. The maximum atomic E-state index is 13.9. The van der Waals surface area contributed by atoms with Gasteiger partial charge in [0.1, 0.15) is 17.7 Å². The highest BCUT2D eigenvalue weighted by Crippen LogP contribution is 2.43. The number of halogens is 1. The zero-order chi connectivity index (χ0) is 25.0. The summed E-state index contributed by atoms with van der Waals surface area (Å²) in [4.78, 5) is 27.8. The molecule has 1 unspecified atom stereocenters. The number of aromatic amines is 1. The predicted octanol–water partition coefficient (Wildman–Crippen LogP) is 4.24. The van der Waals surface area contributed by atoms with Crippen molar-refractivity contribution < 1.29 is 14.3 Å². The molecule has 0 fully saturated rings. The third kappa shape index (κ3) is 3.37. The Balaban J connectivity index is 1.51. The average molecular weight is 502 g/mol. The van der Waals surface area contributed by atoms with Crippen molar-refractivity contribution >= 4 is 28.8 Å². The first-order valence-electron chi connectivity index (χ1n) is 11.1. The lowest BCUT2D eigenvalue weighted by Gasteiger charge is -2.26. The Labute approximate surface area is 210 Å². The second kappa shape index (κ2) is 8.35. The second-order valence-electron chi connectivity index (χ2n) is 8.27. The van der Waals surface area contributed by atoms with Gasteiger partial charge in [-0.05, 0) is 30.7 Å². The predicted molar refractivity (Wildman–Crippen MR) is 133 cm³/mol. The van der Waals surface area contributed by atoms with Crippen LogP contribution in [0.15, 0.2) is 54.9 Å². The van der Waals surface area contributed by atoms with E-state index < -0.39 is 6.04 Å². The highest BCUT2D eigenvalue weighted by atomic mass is 35.5. The van der Waals surface area contributed by atoms with Gasteiger partial charge in [0.05, 0.1) is 25.6 Å². The van der Waals surface area contributed by atoms with Gasteiger partial charge < -0.3 is 14.5 Å². The molecule has 0 radical (unpaired) electrons. The molecule has 1 aliphatic heterocycles. The fourth-order valence-corrected chi connectivity index (χ4v) is 4.58. The number of aryl methyl sites for hydroxylation is 1. The number of nitrogens with zero attached hydrogens (tertiary/aromatic N) is 6. The first-order chi connectivity index (χ1) is 17.5. The van der Waals surface area contributed by atoms with E-state index in [9.17, 15) is 4.79 Å². The van der Waals surface area contributed by atoms with Gasteiger partial charge in [-0.3, -0.25) is 14.1 Å². The minimum atomic E-state index is -0.476. The number of hydrogen-bond donors (Lipinski definition) is 1. The van der Waals surface area contributed by atoms with E-state index in [0.29, 0.717) is 51.0 Å². The Bertz CT molecular complexity index is 1610. The summed E-state index contributed by atoms with van der Waals surface area (Å²) in [5, 5.41) is 8.94. The molecule has 0 saturated carbocycles. The van der Waals surface area contributed by atoms with E-state index >= 15 is 0 Å². The molecule has 1 atom stereocenters.